The number of benzene rings is 3. The van der Waals surface area contributed by atoms with Crippen LogP contribution >= 0.6 is 0 Å². The Balaban J connectivity index is -0.000000106. The second-order valence-corrected chi connectivity index (χ2v) is 24.0. The first kappa shape index (κ1) is 99.8. The maximum absolute atomic E-state index is 12.6. The summed E-state index contributed by atoms with van der Waals surface area (Å²) >= 11 is 0. The van der Waals surface area contributed by atoms with Crippen molar-refractivity contribution in [1.29, 1.82) is 0 Å². The molecule has 0 radical (unpaired) electrons. The van der Waals surface area contributed by atoms with Crippen molar-refractivity contribution < 1.29 is 32.1 Å². The van der Waals surface area contributed by atoms with Crippen molar-refractivity contribution in [3.05, 3.63) is 129 Å². The van der Waals surface area contributed by atoms with Gasteiger partial charge in [-0.05, 0) is 211 Å². The molecular weight excluding hydrogens is 1050 g/mol. The van der Waals surface area contributed by atoms with Gasteiger partial charge in [-0.1, -0.05) is 212 Å². The third-order valence-electron chi connectivity index (χ3n) is 14.8. The zero-order valence-electron chi connectivity index (χ0n) is 51.1. The smallest absolute Gasteiger partial charge is 0.154 e. The first-order chi connectivity index (χ1) is 35.3. The third-order valence-corrected chi connectivity index (χ3v) is 14.8. The van der Waals surface area contributed by atoms with E-state index in [0.717, 1.165) is 67.5 Å². The Morgan fingerprint density at radius 1 is 0.321 bits per heavy atom. The maximum atomic E-state index is 12.6. The van der Waals surface area contributed by atoms with Gasteiger partial charge >= 0.3 is 0 Å². The molecule has 3 saturated heterocycles. The largest absolute Gasteiger partial charge is 0.378 e. The molecule has 0 bridgehead atoms. The molecule has 3 aromatic carbocycles. The average molecular weight is 1190 g/mol. The predicted molar refractivity (Wildman–Crippen MR) is 377 cm³/mol. The number of halogens is 3. The predicted octanol–water partition coefficient (Wildman–Crippen LogP) is 26.0. The van der Waals surface area contributed by atoms with Crippen LogP contribution < -0.4 is 0 Å². The number of ether oxygens (including phenoxy) is 4. The fourth-order valence-electron chi connectivity index (χ4n) is 8.45. The van der Waals surface area contributed by atoms with Gasteiger partial charge in [-0.15, -0.1) is 0 Å². The molecule has 0 spiro atoms. The van der Waals surface area contributed by atoms with Crippen LogP contribution in [0.1, 0.15) is 273 Å². The van der Waals surface area contributed by atoms with Gasteiger partial charge in [0.15, 0.2) is 6.29 Å². The topological polar surface area (TPSA) is 36.9 Å². The second-order valence-electron chi connectivity index (χ2n) is 24.0. The molecule has 3 aliphatic heterocycles. The zero-order chi connectivity index (χ0) is 56.5. The highest BCUT2D eigenvalue weighted by atomic mass is 19.1. The van der Waals surface area contributed by atoms with E-state index in [1.54, 1.807) is 31.1 Å². The van der Waals surface area contributed by atoms with Crippen LogP contribution in [0.2, 0.25) is 0 Å². The van der Waals surface area contributed by atoms with Gasteiger partial charge in [0, 0.05) is 24.7 Å². The lowest BCUT2D eigenvalue weighted by atomic mass is 9.84. The molecule has 4 nitrogen and oxygen atoms in total. The summed E-state index contributed by atoms with van der Waals surface area (Å²) < 4.78 is 58.9. The van der Waals surface area contributed by atoms with Gasteiger partial charge < -0.3 is 18.9 Å². The van der Waals surface area contributed by atoms with E-state index in [4.69, 9.17) is 18.9 Å². The summed E-state index contributed by atoms with van der Waals surface area (Å²) in [5.74, 6) is 5.03. The first-order valence-electron chi connectivity index (χ1n) is 29.3. The molecule has 84 heavy (non-hydrogen) atoms. The molecule has 3 aromatic rings. The van der Waals surface area contributed by atoms with E-state index >= 15 is 0 Å². The standard InChI is InChI=1S/C8H8F2.C8H9F.C8H16.2C8H14.C8H10.2C7H14O.C6H12O2.9CH4/c1-5-3-7(9)6(2)8(10)4-5;1-6-3-4-7(2)8(9)5-6;4*1-7-3-5-8(2)6-4-7;2*1-6-3-4-7(2)8-5-6;1-5-3-7-6(2)8-4-5;;;;;;;;;/h3-4H,1-2H3;3-5H,1-2H3;7-8H,3-6H2,1-2H3;2*3,8H,4-6H2,1-2H3;3-6H,1-2H3;2*6-7H,3-5H2,1-2H3;5-6H,3-4H2,1-2H3;9*1H4. The van der Waals surface area contributed by atoms with E-state index in [-0.39, 0.29) is 84.5 Å². The summed E-state index contributed by atoms with van der Waals surface area (Å²) in [5, 5.41) is 0. The zero-order valence-corrected chi connectivity index (χ0v) is 51.1. The molecule has 0 amide bonds. The van der Waals surface area contributed by atoms with E-state index in [0.29, 0.717) is 29.3 Å². The Labute approximate surface area is 526 Å². The number of rotatable bonds is 0. The number of aryl methyl sites for hydroxylation is 5. The summed E-state index contributed by atoms with van der Waals surface area (Å²) in [4.78, 5) is 0. The van der Waals surface area contributed by atoms with Crippen molar-refractivity contribution >= 4 is 0 Å². The summed E-state index contributed by atoms with van der Waals surface area (Å²) in [7, 11) is 0. The van der Waals surface area contributed by atoms with Crippen LogP contribution in [0.4, 0.5) is 13.2 Å². The van der Waals surface area contributed by atoms with Gasteiger partial charge in [0.25, 0.3) is 0 Å². The van der Waals surface area contributed by atoms with Crippen LogP contribution in [-0.4, -0.2) is 44.9 Å². The van der Waals surface area contributed by atoms with E-state index in [1.165, 1.54) is 126 Å². The quantitative estimate of drug-likeness (QED) is 0.210. The molecule has 4 fully saturated rings. The van der Waals surface area contributed by atoms with Crippen LogP contribution in [0.3, 0.4) is 0 Å². The molecule has 0 aromatic heterocycles. The summed E-state index contributed by atoms with van der Waals surface area (Å²) in [5.41, 5.74) is 8.21. The highest BCUT2D eigenvalue weighted by molar-refractivity contribution is 5.24. The SMILES string of the molecule is C.C.C.C.C.C.C.C.C.CC1=CCC(C)CC1.CC1=CCC(C)CC1.CC1CCC(C)CC1.CC1CCC(C)OC1.CC1CCC(C)OC1.CC1COC(C)OC1.Cc1cc(F)c(C)c(F)c1.Cc1ccc(C)c(F)c1.Cc1ccc(C)cc1. The molecule has 3 heterocycles. The van der Waals surface area contributed by atoms with Gasteiger partial charge in [0.05, 0.1) is 25.4 Å². The molecule has 3 aliphatic carbocycles. The lowest BCUT2D eigenvalue weighted by Gasteiger charge is -2.24. The number of allylic oxidation sites excluding steroid dienone is 4. The minimum atomic E-state index is -0.475. The van der Waals surface area contributed by atoms with E-state index in [9.17, 15) is 13.2 Å². The van der Waals surface area contributed by atoms with Crippen LogP contribution in [0.15, 0.2) is 77.9 Å². The van der Waals surface area contributed by atoms with Crippen molar-refractivity contribution in [2.45, 2.75) is 300 Å². The highest BCUT2D eigenvalue weighted by Gasteiger charge is 2.16. The van der Waals surface area contributed by atoms with Crippen molar-refractivity contribution in [3.63, 3.8) is 0 Å². The molecule has 6 aliphatic rings. The minimum absolute atomic E-state index is 0. The fourth-order valence-corrected chi connectivity index (χ4v) is 8.45. The van der Waals surface area contributed by atoms with Gasteiger partial charge in [-0.25, -0.2) is 13.2 Å². The first-order valence-corrected chi connectivity index (χ1v) is 29.3. The fraction of sp³-hybridized carbons (Fsp3) is 0.714. The third kappa shape index (κ3) is 51.9. The van der Waals surface area contributed by atoms with Crippen LogP contribution in [-0.2, 0) is 18.9 Å². The Morgan fingerprint density at radius 2 is 0.631 bits per heavy atom. The normalized spacial score (nSPS) is 23.9. The minimum Gasteiger partial charge on any atom is -0.378 e. The van der Waals surface area contributed by atoms with Crippen molar-refractivity contribution in [1.82, 2.24) is 0 Å². The molecule has 6 atom stereocenters. The van der Waals surface area contributed by atoms with Crippen molar-refractivity contribution in [3.8, 4) is 0 Å². The Hall–Kier alpha value is -3.23. The summed E-state index contributed by atoms with van der Waals surface area (Å²) in [6.45, 7) is 41.2. The van der Waals surface area contributed by atoms with Crippen LogP contribution in [0.5, 0.6) is 0 Å². The molecule has 9 rings (SSSR count). The van der Waals surface area contributed by atoms with Crippen molar-refractivity contribution in [2.24, 2.45) is 41.4 Å². The van der Waals surface area contributed by atoms with E-state index < -0.39 is 11.6 Å². The molecular formula is C77H147F3O4. The molecule has 0 N–H and O–H groups in total. The molecule has 1 saturated carbocycles. The molecule has 7 heteroatoms. The van der Waals surface area contributed by atoms with Gasteiger partial charge in [0.1, 0.15) is 17.5 Å². The Morgan fingerprint density at radius 3 is 0.881 bits per heavy atom. The van der Waals surface area contributed by atoms with Gasteiger partial charge in [-0.2, -0.15) is 0 Å². The van der Waals surface area contributed by atoms with Crippen molar-refractivity contribution in [2.75, 3.05) is 26.4 Å². The number of hydrogen-bond donors (Lipinski definition) is 0. The average Bonchev–Trinajstić information content (AvgIpc) is 3.37. The summed E-state index contributed by atoms with van der Waals surface area (Å²) in [6, 6.07) is 16.3. The monoisotopic (exact) mass is 1190 g/mol. The molecule has 500 valence electrons. The maximum Gasteiger partial charge on any atom is 0.154 e. The van der Waals surface area contributed by atoms with E-state index in [1.807, 2.05) is 19.9 Å². The summed E-state index contributed by atoms with van der Waals surface area (Å²) in [6.07, 6.45) is 25.0. The lowest BCUT2D eigenvalue weighted by molar-refractivity contribution is -0.187. The van der Waals surface area contributed by atoms with Crippen LogP contribution in [0.25, 0.3) is 0 Å². The van der Waals surface area contributed by atoms with Gasteiger partial charge in [-0.3, -0.25) is 0 Å². The number of hydrogen-bond acceptors (Lipinski definition) is 4. The Bertz CT molecular complexity index is 1770. The van der Waals surface area contributed by atoms with Gasteiger partial charge in [0.2, 0.25) is 0 Å². The highest BCUT2D eigenvalue weighted by Crippen LogP contribution is 2.27. The van der Waals surface area contributed by atoms with Crippen LogP contribution in [0, 0.1) is 100 Å². The molecule has 6 unspecified atom stereocenters. The Kier molecular flexibility index (Phi) is 68.3. The van der Waals surface area contributed by atoms with E-state index in [2.05, 4.69) is 126 Å². The second kappa shape index (κ2) is 57.5. The lowest BCUT2D eigenvalue weighted by Crippen LogP contribution is -2.27.